The van der Waals surface area contributed by atoms with Crippen molar-refractivity contribution in [2.45, 2.75) is 0 Å². The molecule has 0 radical (unpaired) electrons. The molecule has 4 rings (SSSR count). The molecule has 10 nitrogen and oxygen atoms in total. The summed E-state index contributed by atoms with van der Waals surface area (Å²) in [5.74, 6) is -1.57. The smallest absolute Gasteiger partial charge is 0.336 e. The van der Waals surface area contributed by atoms with Crippen molar-refractivity contribution in [3.8, 4) is 5.75 Å². The normalized spacial score (nSPS) is 10.9. The maximum Gasteiger partial charge on any atom is 0.336 e. The quantitative estimate of drug-likeness (QED) is 0.0556. The number of para-hydroxylation sites is 1. The number of nitro groups is 1. The molecule has 0 atom stereocenters. The predicted molar refractivity (Wildman–Crippen MR) is 160 cm³/mol. The molecule has 0 heterocycles. The van der Waals surface area contributed by atoms with Crippen LogP contribution in [-0.4, -0.2) is 28.9 Å². The Hall–Kier alpha value is -5.32. The molecule has 0 saturated heterocycles. The van der Waals surface area contributed by atoms with Crippen LogP contribution in [0.15, 0.2) is 102 Å². The summed E-state index contributed by atoms with van der Waals surface area (Å²) in [6, 6.07) is 23.0. The van der Waals surface area contributed by atoms with E-state index in [1.165, 1.54) is 48.7 Å². The van der Waals surface area contributed by atoms with Crippen LogP contribution in [0.3, 0.4) is 0 Å². The molecule has 0 aliphatic carbocycles. The average Bonchev–Trinajstić information content (AvgIpc) is 2.97. The summed E-state index contributed by atoms with van der Waals surface area (Å²) in [6.45, 7) is 0. The summed E-state index contributed by atoms with van der Waals surface area (Å²) >= 11 is 12.0. The van der Waals surface area contributed by atoms with Crippen LogP contribution in [0.25, 0.3) is 6.08 Å². The summed E-state index contributed by atoms with van der Waals surface area (Å²) in [7, 11) is 0. The number of hydrogen-bond donors (Lipinski definition) is 2. The fourth-order valence-corrected chi connectivity index (χ4v) is 4.06. The monoisotopic (exact) mass is 602 g/mol. The van der Waals surface area contributed by atoms with Crippen LogP contribution in [0, 0.1) is 10.1 Å². The zero-order valence-corrected chi connectivity index (χ0v) is 23.0. The van der Waals surface area contributed by atoms with E-state index in [1.807, 2.05) is 0 Å². The number of carbonyl (C=O) groups is 3. The van der Waals surface area contributed by atoms with E-state index in [1.54, 1.807) is 54.6 Å². The van der Waals surface area contributed by atoms with Crippen molar-refractivity contribution in [2.75, 3.05) is 5.32 Å². The van der Waals surface area contributed by atoms with E-state index < -0.39 is 22.7 Å². The number of anilines is 1. The Kier molecular flexibility index (Phi) is 9.77. The van der Waals surface area contributed by atoms with Gasteiger partial charge in [0.05, 0.1) is 21.7 Å². The Bertz CT molecular complexity index is 1740. The molecule has 0 unspecified atom stereocenters. The van der Waals surface area contributed by atoms with Gasteiger partial charge < -0.3 is 10.1 Å². The third-order valence-corrected chi connectivity index (χ3v) is 6.10. The molecular formula is C30H20Cl2N4O6. The number of esters is 1. The van der Waals surface area contributed by atoms with E-state index >= 15 is 0 Å². The molecule has 0 aliphatic rings. The fraction of sp³-hybridized carbons (Fsp3) is 0. The van der Waals surface area contributed by atoms with Gasteiger partial charge >= 0.3 is 5.97 Å². The van der Waals surface area contributed by atoms with Crippen molar-refractivity contribution in [1.29, 1.82) is 0 Å². The minimum absolute atomic E-state index is 0.103. The van der Waals surface area contributed by atoms with Crippen molar-refractivity contribution < 1.29 is 24.0 Å². The highest BCUT2D eigenvalue weighted by atomic mass is 35.5. The van der Waals surface area contributed by atoms with Gasteiger partial charge in [-0.1, -0.05) is 53.5 Å². The van der Waals surface area contributed by atoms with Crippen molar-refractivity contribution in [1.82, 2.24) is 5.43 Å². The van der Waals surface area contributed by atoms with Crippen molar-refractivity contribution >= 4 is 64.7 Å². The number of carbonyl (C=O) groups excluding carboxylic acids is 3. The number of rotatable bonds is 9. The highest BCUT2D eigenvalue weighted by Gasteiger charge is 2.13. The largest absolute Gasteiger partial charge is 0.423 e. The predicted octanol–water partition coefficient (Wildman–Crippen LogP) is 6.54. The van der Waals surface area contributed by atoms with Crippen molar-refractivity contribution in [3.05, 3.63) is 139 Å². The van der Waals surface area contributed by atoms with Gasteiger partial charge in [-0.25, -0.2) is 10.2 Å². The molecule has 2 amide bonds. The number of nitrogens with zero attached hydrogens (tertiary/aromatic N) is 2. The SMILES string of the molecule is O=C(/C=C/c1cccc([N+](=O)[O-])c1)Oc1ccccc1C=NNC(=O)c1cccc(NC(=O)c2ccc(Cl)cc2Cl)c1. The number of hydrazone groups is 1. The lowest BCUT2D eigenvalue weighted by atomic mass is 10.1. The zero-order chi connectivity index (χ0) is 30.1. The average molecular weight is 603 g/mol. The van der Waals surface area contributed by atoms with E-state index in [2.05, 4.69) is 15.8 Å². The molecule has 4 aromatic carbocycles. The highest BCUT2D eigenvalue weighted by Crippen LogP contribution is 2.23. The Balaban J connectivity index is 1.37. The second-order valence-corrected chi connectivity index (χ2v) is 9.35. The van der Waals surface area contributed by atoms with Gasteiger partial charge in [0.2, 0.25) is 0 Å². The Labute approximate surface area is 249 Å². The third-order valence-electron chi connectivity index (χ3n) is 5.55. The molecule has 42 heavy (non-hydrogen) atoms. The van der Waals surface area contributed by atoms with Gasteiger partial charge in [-0.3, -0.25) is 19.7 Å². The summed E-state index contributed by atoms with van der Waals surface area (Å²) in [4.78, 5) is 48.0. The summed E-state index contributed by atoms with van der Waals surface area (Å²) in [5.41, 5.74) is 3.94. The Morgan fingerprint density at radius 1 is 0.881 bits per heavy atom. The van der Waals surface area contributed by atoms with Gasteiger partial charge in [0.1, 0.15) is 5.75 Å². The molecule has 210 valence electrons. The Morgan fingerprint density at radius 3 is 2.45 bits per heavy atom. The molecule has 0 aliphatic heterocycles. The number of amides is 2. The molecule has 0 bridgehead atoms. The zero-order valence-electron chi connectivity index (χ0n) is 21.5. The van der Waals surface area contributed by atoms with Gasteiger partial charge in [-0.05, 0) is 60.2 Å². The molecule has 0 spiro atoms. The lowest BCUT2D eigenvalue weighted by Gasteiger charge is -2.08. The lowest BCUT2D eigenvalue weighted by molar-refractivity contribution is -0.384. The number of nitro benzene ring substituents is 1. The van der Waals surface area contributed by atoms with E-state index in [0.29, 0.717) is 21.8 Å². The van der Waals surface area contributed by atoms with Gasteiger partial charge in [-0.2, -0.15) is 5.10 Å². The topological polar surface area (TPSA) is 140 Å². The van der Waals surface area contributed by atoms with Gasteiger partial charge in [0.15, 0.2) is 0 Å². The number of non-ortho nitro benzene ring substituents is 1. The molecule has 0 fully saturated rings. The van der Waals surface area contributed by atoms with Crippen LogP contribution in [0.5, 0.6) is 5.75 Å². The maximum atomic E-state index is 12.7. The first-order valence-electron chi connectivity index (χ1n) is 12.1. The molecule has 0 saturated carbocycles. The molecule has 0 aromatic heterocycles. The van der Waals surface area contributed by atoms with Crippen LogP contribution < -0.4 is 15.5 Å². The molecule has 4 aromatic rings. The number of benzene rings is 4. The first-order valence-corrected chi connectivity index (χ1v) is 12.9. The summed E-state index contributed by atoms with van der Waals surface area (Å²) < 4.78 is 5.37. The van der Waals surface area contributed by atoms with Gasteiger partial charge in [0.25, 0.3) is 17.5 Å². The Morgan fingerprint density at radius 2 is 1.67 bits per heavy atom. The number of halogens is 2. The second kappa shape index (κ2) is 13.8. The molecular weight excluding hydrogens is 583 g/mol. The van der Waals surface area contributed by atoms with Crippen LogP contribution in [0.1, 0.15) is 31.8 Å². The summed E-state index contributed by atoms with van der Waals surface area (Å²) in [6.07, 6.45) is 3.84. The number of hydrogen-bond acceptors (Lipinski definition) is 7. The number of nitrogens with one attached hydrogen (secondary N) is 2. The maximum absolute atomic E-state index is 12.7. The van der Waals surface area contributed by atoms with Crippen LogP contribution in [-0.2, 0) is 4.79 Å². The van der Waals surface area contributed by atoms with Gasteiger partial charge in [-0.15, -0.1) is 0 Å². The minimum Gasteiger partial charge on any atom is -0.423 e. The second-order valence-electron chi connectivity index (χ2n) is 8.50. The van der Waals surface area contributed by atoms with Gasteiger partial charge in [0, 0.05) is 40.0 Å². The fourth-order valence-electron chi connectivity index (χ4n) is 3.56. The summed E-state index contributed by atoms with van der Waals surface area (Å²) in [5, 5.41) is 18.1. The van der Waals surface area contributed by atoms with E-state index in [9.17, 15) is 24.5 Å². The van der Waals surface area contributed by atoms with Crippen LogP contribution >= 0.6 is 23.2 Å². The van der Waals surface area contributed by atoms with E-state index in [0.717, 1.165) is 6.08 Å². The van der Waals surface area contributed by atoms with Crippen LogP contribution in [0.2, 0.25) is 10.0 Å². The van der Waals surface area contributed by atoms with E-state index in [-0.39, 0.29) is 27.6 Å². The van der Waals surface area contributed by atoms with E-state index in [4.69, 9.17) is 27.9 Å². The van der Waals surface area contributed by atoms with Crippen molar-refractivity contribution in [2.24, 2.45) is 5.10 Å². The van der Waals surface area contributed by atoms with Crippen LogP contribution in [0.4, 0.5) is 11.4 Å². The lowest BCUT2D eigenvalue weighted by Crippen LogP contribution is -2.18. The number of ether oxygens (including phenoxy) is 1. The minimum atomic E-state index is -0.717. The standard InChI is InChI=1S/C30H20Cl2N4O6/c31-22-12-13-25(26(32)17-22)30(39)34-23-8-4-7-20(16-23)29(38)35-33-18-21-6-1-2-10-27(21)42-28(37)14-11-19-5-3-9-24(15-19)36(40)41/h1-18H,(H,34,39)(H,35,38)/b14-11+,33-18?. The highest BCUT2D eigenvalue weighted by molar-refractivity contribution is 6.37. The first kappa shape index (κ1) is 29.7. The first-order chi connectivity index (χ1) is 20.2. The van der Waals surface area contributed by atoms with Crippen molar-refractivity contribution in [3.63, 3.8) is 0 Å². The molecule has 12 heteroatoms. The molecule has 2 N–H and O–H groups in total. The third kappa shape index (κ3) is 8.10.